The van der Waals surface area contributed by atoms with Crippen molar-refractivity contribution < 1.29 is 34.2 Å². The Morgan fingerprint density at radius 2 is 1.72 bits per heavy atom. The molecule has 12 heteroatoms. The van der Waals surface area contributed by atoms with Crippen LogP contribution in [-0.4, -0.2) is 82.6 Å². The molecule has 0 aromatic rings. The number of amides is 3. The van der Waals surface area contributed by atoms with Crippen LogP contribution in [0.4, 0.5) is 0 Å². The fourth-order valence-electron chi connectivity index (χ4n) is 2.72. The van der Waals surface area contributed by atoms with Crippen LogP contribution in [0.15, 0.2) is 0 Å². The number of hydrogen-bond donors (Lipinski definition) is 6. The zero-order valence-electron chi connectivity index (χ0n) is 16.4. The van der Waals surface area contributed by atoms with Crippen LogP contribution in [0.25, 0.3) is 0 Å². The van der Waals surface area contributed by atoms with E-state index < -0.39 is 54.3 Å². The number of aliphatic carboxylic acids is 2. The van der Waals surface area contributed by atoms with Crippen LogP contribution < -0.4 is 21.3 Å². The van der Waals surface area contributed by atoms with Crippen molar-refractivity contribution in [3.8, 4) is 0 Å². The standard InChI is InChI=1S/C17H28N4O7S/c1-9(17(27)28)19-16(26)12(8-13(22)23)21-15(25)11(5-7-29-2)20-14(24)10-4-3-6-18-10/h9-12,18H,3-8H2,1-2H3,(H,19,26)(H,20,24)(H,21,25)(H,22,23)(H,27,28). The van der Waals surface area contributed by atoms with Crippen LogP contribution in [0.1, 0.15) is 32.6 Å². The highest BCUT2D eigenvalue weighted by atomic mass is 32.2. The van der Waals surface area contributed by atoms with Gasteiger partial charge in [0.2, 0.25) is 17.7 Å². The van der Waals surface area contributed by atoms with Gasteiger partial charge in [0, 0.05) is 0 Å². The number of nitrogens with one attached hydrogen (secondary N) is 4. The number of carboxylic acids is 2. The molecule has 6 N–H and O–H groups in total. The van der Waals surface area contributed by atoms with Gasteiger partial charge in [0.05, 0.1) is 12.5 Å². The topological polar surface area (TPSA) is 174 Å². The molecule has 0 aromatic heterocycles. The zero-order valence-corrected chi connectivity index (χ0v) is 17.2. The van der Waals surface area contributed by atoms with Crippen molar-refractivity contribution in [2.45, 2.75) is 56.8 Å². The summed E-state index contributed by atoms with van der Waals surface area (Å²) in [5.74, 6) is -4.04. The van der Waals surface area contributed by atoms with E-state index in [9.17, 15) is 24.0 Å². The molecule has 1 heterocycles. The SMILES string of the molecule is CSCCC(NC(=O)C1CCCN1)C(=O)NC(CC(=O)O)C(=O)NC(C)C(=O)O. The van der Waals surface area contributed by atoms with Crippen molar-refractivity contribution >= 4 is 41.4 Å². The predicted molar refractivity (Wildman–Crippen MR) is 105 cm³/mol. The summed E-state index contributed by atoms with van der Waals surface area (Å²) in [7, 11) is 0. The lowest BCUT2D eigenvalue weighted by atomic mass is 10.1. The predicted octanol–water partition coefficient (Wildman–Crippen LogP) is -1.47. The Balaban J connectivity index is 2.83. The van der Waals surface area contributed by atoms with E-state index in [4.69, 9.17) is 10.2 Å². The van der Waals surface area contributed by atoms with Crippen molar-refractivity contribution in [1.29, 1.82) is 0 Å². The van der Waals surface area contributed by atoms with Gasteiger partial charge in [0.25, 0.3) is 0 Å². The summed E-state index contributed by atoms with van der Waals surface area (Å²) in [6, 6.07) is -4.07. The molecule has 164 valence electrons. The molecule has 1 saturated heterocycles. The van der Waals surface area contributed by atoms with Gasteiger partial charge in [-0.2, -0.15) is 11.8 Å². The number of hydrogen-bond acceptors (Lipinski definition) is 7. The molecule has 0 aliphatic carbocycles. The second-order valence-electron chi connectivity index (χ2n) is 6.72. The number of carbonyl (C=O) groups excluding carboxylic acids is 3. The molecule has 0 spiro atoms. The highest BCUT2D eigenvalue weighted by molar-refractivity contribution is 7.98. The lowest BCUT2D eigenvalue weighted by molar-refractivity contribution is -0.143. The summed E-state index contributed by atoms with van der Waals surface area (Å²) in [6.45, 7) is 1.93. The third-order valence-corrected chi connectivity index (χ3v) is 5.01. The Labute approximate surface area is 172 Å². The number of carbonyl (C=O) groups is 5. The molecule has 0 saturated carbocycles. The fourth-order valence-corrected chi connectivity index (χ4v) is 3.19. The van der Waals surface area contributed by atoms with Gasteiger partial charge in [0.15, 0.2) is 0 Å². The molecule has 11 nitrogen and oxygen atoms in total. The molecule has 1 aliphatic heterocycles. The van der Waals surface area contributed by atoms with Gasteiger partial charge in [0.1, 0.15) is 18.1 Å². The van der Waals surface area contributed by atoms with Gasteiger partial charge >= 0.3 is 11.9 Å². The highest BCUT2D eigenvalue weighted by Gasteiger charge is 2.31. The summed E-state index contributed by atoms with van der Waals surface area (Å²) >= 11 is 1.47. The first-order chi connectivity index (χ1) is 13.6. The summed E-state index contributed by atoms with van der Waals surface area (Å²) in [4.78, 5) is 59.2. The van der Waals surface area contributed by atoms with E-state index in [0.717, 1.165) is 6.42 Å². The Hall–Kier alpha value is -2.34. The first kappa shape index (κ1) is 24.7. The van der Waals surface area contributed by atoms with Gasteiger partial charge in [-0.15, -0.1) is 0 Å². The highest BCUT2D eigenvalue weighted by Crippen LogP contribution is 2.08. The number of carboxylic acid groups (broad SMARTS) is 2. The van der Waals surface area contributed by atoms with E-state index in [1.165, 1.54) is 18.7 Å². The average Bonchev–Trinajstić information content (AvgIpc) is 3.18. The van der Waals surface area contributed by atoms with E-state index in [0.29, 0.717) is 25.1 Å². The van der Waals surface area contributed by atoms with Crippen LogP contribution in [0.2, 0.25) is 0 Å². The summed E-state index contributed by atoms with van der Waals surface area (Å²) in [5.41, 5.74) is 0. The van der Waals surface area contributed by atoms with E-state index >= 15 is 0 Å². The molecule has 4 unspecified atom stereocenters. The Bertz CT molecular complexity index is 625. The maximum atomic E-state index is 12.7. The largest absolute Gasteiger partial charge is 0.481 e. The Kier molecular flexibility index (Phi) is 10.5. The van der Waals surface area contributed by atoms with Gasteiger partial charge in [-0.3, -0.25) is 24.0 Å². The molecular formula is C17H28N4O7S. The second kappa shape index (κ2) is 12.3. The van der Waals surface area contributed by atoms with Crippen molar-refractivity contribution in [3.05, 3.63) is 0 Å². The molecule has 4 atom stereocenters. The van der Waals surface area contributed by atoms with Gasteiger partial charge in [-0.1, -0.05) is 0 Å². The molecule has 1 aliphatic rings. The van der Waals surface area contributed by atoms with Crippen LogP contribution in [0.5, 0.6) is 0 Å². The quantitative estimate of drug-likeness (QED) is 0.215. The second-order valence-corrected chi connectivity index (χ2v) is 7.70. The molecular weight excluding hydrogens is 404 g/mol. The Morgan fingerprint density at radius 1 is 1.07 bits per heavy atom. The molecule has 1 fully saturated rings. The van der Waals surface area contributed by atoms with Crippen LogP contribution >= 0.6 is 11.8 Å². The van der Waals surface area contributed by atoms with Crippen LogP contribution in [-0.2, 0) is 24.0 Å². The van der Waals surface area contributed by atoms with E-state index in [1.54, 1.807) is 0 Å². The monoisotopic (exact) mass is 432 g/mol. The summed E-state index contributed by atoms with van der Waals surface area (Å²) in [5, 5.41) is 28.1. The minimum absolute atomic E-state index is 0.290. The van der Waals surface area contributed by atoms with E-state index in [1.807, 2.05) is 6.26 Å². The van der Waals surface area contributed by atoms with E-state index in [-0.39, 0.29) is 5.91 Å². The van der Waals surface area contributed by atoms with Crippen molar-refractivity contribution in [2.24, 2.45) is 0 Å². The van der Waals surface area contributed by atoms with Gasteiger partial charge < -0.3 is 31.5 Å². The van der Waals surface area contributed by atoms with E-state index in [2.05, 4.69) is 21.3 Å². The maximum absolute atomic E-state index is 12.7. The lowest BCUT2D eigenvalue weighted by Gasteiger charge is -2.24. The fraction of sp³-hybridized carbons (Fsp3) is 0.706. The normalized spacial score (nSPS) is 18.9. The first-order valence-corrected chi connectivity index (χ1v) is 10.6. The van der Waals surface area contributed by atoms with Crippen LogP contribution in [0.3, 0.4) is 0 Å². The summed E-state index contributed by atoms with van der Waals surface area (Å²) < 4.78 is 0. The Morgan fingerprint density at radius 3 is 2.24 bits per heavy atom. The molecule has 0 aromatic carbocycles. The minimum atomic E-state index is -1.47. The summed E-state index contributed by atoms with van der Waals surface area (Å²) in [6.07, 6.45) is 2.90. The zero-order chi connectivity index (χ0) is 22.0. The van der Waals surface area contributed by atoms with Crippen molar-refractivity contribution in [3.63, 3.8) is 0 Å². The minimum Gasteiger partial charge on any atom is -0.481 e. The number of thioether (sulfide) groups is 1. The number of rotatable bonds is 12. The van der Waals surface area contributed by atoms with Gasteiger partial charge in [-0.05, 0) is 44.7 Å². The lowest BCUT2D eigenvalue weighted by Crippen LogP contribution is -2.57. The third kappa shape index (κ3) is 8.69. The van der Waals surface area contributed by atoms with Crippen LogP contribution in [0, 0.1) is 0 Å². The molecule has 29 heavy (non-hydrogen) atoms. The first-order valence-electron chi connectivity index (χ1n) is 9.23. The van der Waals surface area contributed by atoms with Crippen molar-refractivity contribution in [1.82, 2.24) is 21.3 Å². The average molecular weight is 432 g/mol. The molecule has 1 rings (SSSR count). The molecule has 0 radical (unpaired) electrons. The smallest absolute Gasteiger partial charge is 0.325 e. The maximum Gasteiger partial charge on any atom is 0.325 e. The molecule has 3 amide bonds. The molecule has 0 bridgehead atoms. The third-order valence-electron chi connectivity index (χ3n) is 4.36. The van der Waals surface area contributed by atoms with Crippen molar-refractivity contribution in [2.75, 3.05) is 18.6 Å². The van der Waals surface area contributed by atoms with Gasteiger partial charge in [-0.25, -0.2) is 0 Å².